The molecule has 0 aliphatic rings. The molecular formula is C18H20N2O5. The highest BCUT2D eigenvalue weighted by Gasteiger charge is 2.20. The smallest absolute Gasteiger partial charge is 0.272 e. The molecular weight excluding hydrogens is 324 g/mol. The molecule has 0 saturated heterocycles. The topological polar surface area (TPSA) is 81.9 Å². The van der Waals surface area contributed by atoms with Gasteiger partial charge in [-0.1, -0.05) is 18.2 Å². The lowest BCUT2D eigenvalue weighted by atomic mass is 10.1. The summed E-state index contributed by atoms with van der Waals surface area (Å²) in [5.41, 5.74) is 1.60. The summed E-state index contributed by atoms with van der Waals surface area (Å²) < 4.78 is 11.1. The van der Waals surface area contributed by atoms with E-state index in [4.69, 9.17) is 9.47 Å². The average Bonchev–Trinajstić information content (AvgIpc) is 2.59. The minimum atomic E-state index is -0.428. The number of methoxy groups -OCH3 is 1. The van der Waals surface area contributed by atoms with E-state index in [-0.39, 0.29) is 18.2 Å². The normalized spacial score (nSPS) is 10.2. The van der Waals surface area contributed by atoms with Gasteiger partial charge in [0.05, 0.1) is 17.6 Å². The third kappa shape index (κ3) is 3.88. The number of nitro benzene ring substituents is 1. The van der Waals surface area contributed by atoms with E-state index in [1.807, 2.05) is 0 Å². The summed E-state index contributed by atoms with van der Waals surface area (Å²) in [7, 11) is 4.79. The van der Waals surface area contributed by atoms with Crippen LogP contribution in [0.2, 0.25) is 0 Å². The van der Waals surface area contributed by atoms with Crippen LogP contribution in [0, 0.1) is 17.0 Å². The molecule has 25 heavy (non-hydrogen) atoms. The predicted molar refractivity (Wildman–Crippen MR) is 93.2 cm³/mol. The summed E-state index contributed by atoms with van der Waals surface area (Å²) in [6.07, 6.45) is 0. The van der Waals surface area contributed by atoms with E-state index in [9.17, 15) is 14.9 Å². The minimum absolute atomic E-state index is 0.0331. The standard InChI is InChI=1S/C18H20N2O5/c1-12-13(7-5-9-15(12)20(22)23)11-25-17-14(18(21)19(2)3)8-6-10-16(17)24-4/h5-10H,11H2,1-4H3. The van der Waals surface area contributed by atoms with Gasteiger partial charge in [0.25, 0.3) is 11.6 Å². The highest BCUT2D eigenvalue weighted by Crippen LogP contribution is 2.33. The van der Waals surface area contributed by atoms with Crippen molar-refractivity contribution in [2.24, 2.45) is 0 Å². The first-order valence-electron chi connectivity index (χ1n) is 7.61. The van der Waals surface area contributed by atoms with Gasteiger partial charge < -0.3 is 14.4 Å². The molecule has 2 aromatic rings. The molecule has 7 nitrogen and oxygen atoms in total. The Morgan fingerprint density at radius 2 is 1.88 bits per heavy atom. The molecule has 0 aliphatic heterocycles. The Bertz CT molecular complexity index is 802. The summed E-state index contributed by atoms with van der Waals surface area (Å²) in [6, 6.07) is 9.87. The number of nitrogens with zero attached hydrogens (tertiary/aromatic N) is 2. The Morgan fingerprint density at radius 3 is 2.48 bits per heavy atom. The maximum atomic E-state index is 12.4. The van der Waals surface area contributed by atoms with Crippen LogP contribution in [0.5, 0.6) is 11.5 Å². The van der Waals surface area contributed by atoms with Gasteiger partial charge in [-0.25, -0.2) is 0 Å². The van der Waals surface area contributed by atoms with Crippen molar-refractivity contribution in [3.63, 3.8) is 0 Å². The van der Waals surface area contributed by atoms with E-state index in [2.05, 4.69) is 0 Å². The number of carbonyl (C=O) groups excluding carboxylic acids is 1. The van der Waals surface area contributed by atoms with Crippen molar-refractivity contribution in [3.8, 4) is 11.5 Å². The first kappa shape index (κ1) is 18.3. The number of rotatable bonds is 6. The molecule has 7 heteroatoms. The molecule has 0 aromatic heterocycles. The Labute approximate surface area is 145 Å². The molecule has 0 spiro atoms. The van der Waals surface area contributed by atoms with Crippen molar-refractivity contribution in [3.05, 3.63) is 63.2 Å². The van der Waals surface area contributed by atoms with Crippen LogP contribution < -0.4 is 9.47 Å². The zero-order valence-corrected chi connectivity index (χ0v) is 14.6. The summed E-state index contributed by atoms with van der Waals surface area (Å²) in [6.45, 7) is 1.76. The largest absolute Gasteiger partial charge is 0.493 e. The van der Waals surface area contributed by atoms with Gasteiger partial charge >= 0.3 is 0 Å². The Balaban J connectivity index is 2.37. The molecule has 0 bridgehead atoms. The molecule has 0 heterocycles. The fourth-order valence-corrected chi connectivity index (χ4v) is 2.41. The number of benzene rings is 2. The number of para-hydroxylation sites is 1. The highest BCUT2D eigenvalue weighted by atomic mass is 16.6. The van der Waals surface area contributed by atoms with Crippen molar-refractivity contribution in [2.75, 3.05) is 21.2 Å². The fraction of sp³-hybridized carbons (Fsp3) is 0.278. The van der Waals surface area contributed by atoms with Crippen LogP contribution in [0.3, 0.4) is 0 Å². The van der Waals surface area contributed by atoms with Crippen LogP contribution in [0.15, 0.2) is 36.4 Å². The zero-order chi connectivity index (χ0) is 18.6. The van der Waals surface area contributed by atoms with Gasteiger partial charge in [0.2, 0.25) is 0 Å². The summed E-state index contributed by atoms with van der Waals surface area (Å²) in [5, 5.41) is 11.1. The van der Waals surface area contributed by atoms with Crippen LogP contribution in [-0.4, -0.2) is 36.9 Å². The highest BCUT2D eigenvalue weighted by molar-refractivity contribution is 5.97. The van der Waals surface area contributed by atoms with Crippen LogP contribution in [-0.2, 0) is 6.61 Å². The van der Waals surface area contributed by atoms with Crippen molar-refractivity contribution in [1.29, 1.82) is 0 Å². The molecule has 0 fully saturated rings. The minimum Gasteiger partial charge on any atom is -0.493 e. The van der Waals surface area contributed by atoms with Gasteiger partial charge in [0.15, 0.2) is 11.5 Å². The monoisotopic (exact) mass is 344 g/mol. The molecule has 0 aliphatic carbocycles. The summed E-state index contributed by atoms with van der Waals surface area (Å²) in [5.74, 6) is 0.523. The SMILES string of the molecule is COc1cccc(C(=O)N(C)C)c1OCc1cccc([N+](=O)[O-])c1C. The first-order valence-corrected chi connectivity index (χ1v) is 7.61. The maximum Gasteiger partial charge on any atom is 0.272 e. The number of amides is 1. The van der Waals surface area contributed by atoms with Crippen LogP contribution in [0.4, 0.5) is 5.69 Å². The van der Waals surface area contributed by atoms with Gasteiger partial charge in [-0.2, -0.15) is 0 Å². The van der Waals surface area contributed by atoms with Crippen molar-refractivity contribution in [2.45, 2.75) is 13.5 Å². The zero-order valence-electron chi connectivity index (χ0n) is 14.6. The maximum absolute atomic E-state index is 12.4. The molecule has 0 saturated carbocycles. The van der Waals surface area contributed by atoms with E-state index in [0.29, 0.717) is 28.2 Å². The second-order valence-corrected chi connectivity index (χ2v) is 5.64. The van der Waals surface area contributed by atoms with Gasteiger partial charge in [0, 0.05) is 25.7 Å². The van der Waals surface area contributed by atoms with Crippen LogP contribution in [0.1, 0.15) is 21.5 Å². The van der Waals surface area contributed by atoms with Gasteiger partial charge in [-0.05, 0) is 24.6 Å². The predicted octanol–water partition coefficient (Wildman–Crippen LogP) is 3.19. The van der Waals surface area contributed by atoms with E-state index >= 15 is 0 Å². The van der Waals surface area contributed by atoms with Crippen LogP contribution >= 0.6 is 0 Å². The lowest BCUT2D eigenvalue weighted by Crippen LogP contribution is -2.22. The second kappa shape index (κ2) is 7.65. The Kier molecular flexibility index (Phi) is 5.59. The number of hydrogen-bond acceptors (Lipinski definition) is 5. The third-order valence-electron chi connectivity index (χ3n) is 3.82. The molecule has 1 amide bonds. The van der Waals surface area contributed by atoms with Gasteiger partial charge in [-0.15, -0.1) is 0 Å². The van der Waals surface area contributed by atoms with Crippen LogP contribution in [0.25, 0.3) is 0 Å². The number of ether oxygens (including phenoxy) is 2. The lowest BCUT2D eigenvalue weighted by molar-refractivity contribution is -0.385. The number of nitro groups is 1. The fourth-order valence-electron chi connectivity index (χ4n) is 2.41. The Hall–Kier alpha value is -3.09. The van der Waals surface area contributed by atoms with E-state index in [1.54, 1.807) is 51.4 Å². The molecule has 0 atom stereocenters. The molecule has 2 rings (SSSR count). The van der Waals surface area contributed by atoms with E-state index < -0.39 is 4.92 Å². The van der Waals surface area contributed by atoms with Crippen molar-refractivity contribution >= 4 is 11.6 Å². The lowest BCUT2D eigenvalue weighted by Gasteiger charge is -2.17. The van der Waals surface area contributed by atoms with Gasteiger partial charge in [0.1, 0.15) is 6.61 Å². The summed E-state index contributed by atoms with van der Waals surface area (Å²) in [4.78, 5) is 24.4. The summed E-state index contributed by atoms with van der Waals surface area (Å²) >= 11 is 0. The number of carbonyl (C=O) groups is 1. The molecule has 0 unspecified atom stereocenters. The van der Waals surface area contributed by atoms with Gasteiger partial charge in [-0.3, -0.25) is 14.9 Å². The van der Waals surface area contributed by atoms with Crippen molar-refractivity contribution in [1.82, 2.24) is 4.90 Å². The quantitative estimate of drug-likeness (QED) is 0.594. The Morgan fingerprint density at radius 1 is 1.20 bits per heavy atom. The molecule has 132 valence electrons. The van der Waals surface area contributed by atoms with E-state index in [1.165, 1.54) is 18.1 Å². The number of hydrogen-bond donors (Lipinski definition) is 0. The van der Waals surface area contributed by atoms with E-state index in [0.717, 1.165) is 0 Å². The molecule has 0 N–H and O–H groups in total. The first-order chi connectivity index (χ1) is 11.9. The molecule has 0 radical (unpaired) electrons. The molecule has 2 aromatic carbocycles. The third-order valence-corrected chi connectivity index (χ3v) is 3.82. The average molecular weight is 344 g/mol. The van der Waals surface area contributed by atoms with Crippen molar-refractivity contribution < 1.29 is 19.2 Å². The second-order valence-electron chi connectivity index (χ2n) is 5.64.